The van der Waals surface area contributed by atoms with E-state index in [1.807, 2.05) is 19.1 Å². The van der Waals surface area contributed by atoms with E-state index in [0.29, 0.717) is 18.0 Å². The lowest BCUT2D eigenvalue weighted by Crippen LogP contribution is -2.49. The van der Waals surface area contributed by atoms with E-state index in [1.54, 1.807) is 19.1 Å². The molecule has 0 radical (unpaired) electrons. The Morgan fingerprint density at radius 2 is 1.86 bits per heavy atom. The number of amides is 1. The van der Waals surface area contributed by atoms with Gasteiger partial charge in [-0.15, -0.1) is 12.4 Å². The van der Waals surface area contributed by atoms with E-state index in [0.717, 1.165) is 12.0 Å². The van der Waals surface area contributed by atoms with Crippen LogP contribution in [0, 0.1) is 0 Å². The molecular formula is C15H22Cl2N2O3. The smallest absolute Gasteiger partial charge is 0.320 e. The van der Waals surface area contributed by atoms with E-state index in [9.17, 15) is 9.59 Å². The topological polar surface area (TPSA) is 78.4 Å². The zero-order valence-corrected chi connectivity index (χ0v) is 14.2. The van der Waals surface area contributed by atoms with Gasteiger partial charge in [0.05, 0.1) is 6.04 Å². The van der Waals surface area contributed by atoms with Crippen LogP contribution in [0.15, 0.2) is 24.3 Å². The molecule has 1 rings (SSSR count). The minimum absolute atomic E-state index is 0. The molecule has 0 aliphatic rings. The number of aliphatic carboxylic acids is 1. The average Bonchev–Trinajstić information content (AvgIpc) is 2.45. The molecule has 0 saturated heterocycles. The van der Waals surface area contributed by atoms with Gasteiger partial charge in [0, 0.05) is 11.6 Å². The van der Waals surface area contributed by atoms with Gasteiger partial charge < -0.3 is 10.4 Å². The van der Waals surface area contributed by atoms with Gasteiger partial charge in [-0.3, -0.25) is 14.9 Å². The lowest BCUT2D eigenvalue weighted by Gasteiger charge is -2.19. The number of hydrogen-bond donors (Lipinski definition) is 3. The van der Waals surface area contributed by atoms with Crippen molar-refractivity contribution < 1.29 is 14.7 Å². The van der Waals surface area contributed by atoms with Crippen LogP contribution in [0.3, 0.4) is 0 Å². The first-order valence-corrected chi connectivity index (χ1v) is 7.32. The molecule has 2 atom stereocenters. The van der Waals surface area contributed by atoms with Crippen LogP contribution < -0.4 is 10.6 Å². The van der Waals surface area contributed by atoms with Crippen LogP contribution in [0.1, 0.15) is 32.3 Å². The molecule has 124 valence electrons. The van der Waals surface area contributed by atoms with Crippen molar-refractivity contribution in [3.05, 3.63) is 34.9 Å². The molecule has 1 aromatic carbocycles. The van der Waals surface area contributed by atoms with Gasteiger partial charge in [0.15, 0.2) is 0 Å². The standard InChI is InChI=1S/C15H21ClN2O3.ClH/c1-3-4-13(15(20)21)18-10(2)14(19)17-9-11-5-7-12(16)8-6-11;/h5-8,10,13,18H,3-4,9H2,1-2H3,(H,17,19)(H,20,21);1H. The highest BCUT2D eigenvalue weighted by Crippen LogP contribution is 2.09. The maximum absolute atomic E-state index is 12.0. The predicted molar refractivity (Wildman–Crippen MR) is 89.5 cm³/mol. The zero-order chi connectivity index (χ0) is 15.8. The highest BCUT2D eigenvalue weighted by Gasteiger charge is 2.21. The van der Waals surface area contributed by atoms with Crippen molar-refractivity contribution in [1.29, 1.82) is 0 Å². The summed E-state index contributed by atoms with van der Waals surface area (Å²) in [5.41, 5.74) is 0.934. The molecule has 3 N–H and O–H groups in total. The number of halogens is 2. The van der Waals surface area contributed by atoms with Crippen molar-refractivity contribution in [3.63, 3.8) is 0 Å². The van der Waals surface area contributed by atoms with Crippen LogP contribution in [-0.2, 0) is 16.1 Å². The summed E-state index contributed by atoms with van der Waals surface area (Å²) in [5, 5.41) is 15.3. The highest BCUT2D eigenvalue weighted by molar-refractivity contribution is 6.30. The molecule has 0 saturated carbocycles. The second kappa shape index (κ2) is 10.4. The molecule has 0 aromatic heterocycles. The average molecular weight is 349 g/mol. The van der Waals surface area contributed by atoms with Crippen molar-refractivity contribution in [2.45, 2.75) is 45.3 Å². The van der Waals surface area contributed by atoms with E-state index >= 15 is 0 Å². The third kappa shape index (κ3) is 7.11. The first kappa shape index (κ1) is 20.7. The molecule has 0 spiro atoms. The first-order chi connectivity index (χ1) is 9.93. The predicted octanol–water partition coefficient (Wildman–Crippen LogP) is 2.61. The Hall–Kier alpha value is -1.30. The largest absolute Gasteiger partial charge is 0.480 e. The molecule has 5 nitrogen and oxygen atoms in total. The minimum atomic E-state index is -0.936. The molecular weight excluding hydrogens is 327 g/mol. The van der Waals surface area contributed by atoms with Crippen LogP contribution in [0.25, 0.3) is 0 Å². The van der Waals surface area contributed by atoms with Crippen molar-refractivity contribution in [2.75, 3.05) is 0 Å². The number of hydrogen-bond acceptors (Lipinski definition) is 3. The van der Waals surface area contributed by atoms with E-state index in [4.69, 9.17) is 16.7 Å². The fraction of sp³-hybridized carbons (Fsp3) is 0.467. The number of carboxylic acids is 1. The van der Waals surface area contributed by atoms with Gasteiger partial charge in [-0.05, 0) is 31.0 Å². The number of carboxylic acid groups (broad SMARTS) is 1. The third-order valence-electron chi connectivity index (χ3n) is 3.10. The highest BCUT2D eigenvalue weighted by atomic mass is 35.5. The van der Waals surface area contributed by atoms with Crippen LogP contribution in [0.4, 0.5) is 0 Å². The lowest BCUT2D eigenvalue weighted by molar-refractivity contribution is -0.140. The summed E-state index contributed by atoms with van der Waals surface area (Å²) < 4.78 is 0. The molecule has 2 unspecified atom stereocenters. The number of benzene rings is 1. The normalized spacial score (nSPS) is 12.9. The van der Waals surface area contributed by atoms with Crippen LogP contribution in [0.2, 0.25) is 5.02 Å². The number of carbonyl (C=O) groups excluding carboxylic acids is 1. The Kier molecular flexibility index (Phi) is 9.81. The van der Waals surface area contributed by atoms with Gasteiger partial charge >= 0.3 is 5.97 Å². The minimum Gasteiger partial charge on any atom is -0.480 e. The summed E-state index contributed by atoms with van der Waals surface area (Å²) in [6.07, 6.45) is 1.23. The second-order valence-electron chi connectivity index (χ2n) is 4.91. The summed E-state index contributed by atoms with van der Waals surface area (Å²) in [6.45, 7) is 3.94. The van der Waals surface area contributed by atoms with Gasteiger partial charge in [-0.25, -0.2) is 0 Å². The number of nitrogens with one attached hydrogen (secondary N) is 2. The maximum atomic E-state index is 12.0. The summed E-state index contributed by atoms with van der Waals surface area (Å²) in [4.78, 5) is 23.0. The Morgan fingerprint density at radius 1 is 1.27 bits per heavy atom. The fourth-order valence-corrected chi connectivity index (χ4v) is 2.01. The molecule has 0 aliphatic carbocycles. The molecule has 0 fully saturated rings. The first-order valence-electron chi connectivity index (χ1n) is 6.95. The van der Waals surface area contributed by atoms with E-state index in [1.165, 1.54) is 0 Å². The monoisotopic (exact) mass is 348 g/mol. The summed E-state index contributed by atoms with van der Waals surface area (Å²) >= 11 is 5.79. The van der Waals surface area contributed by atoms with Gasteiger partial charge in [-0.2, -0.15) is 0 Å². The Balaban J connectivity index is 0.00000441. The summed E-state index contributed by atoms with van der Waals surface area (Å²) in [6, 6.07) is 5.91. The van der Waals surface area contributed by atoms with Crippen LogP contribution >= 0.6 is 24.0 Å². The van der Waals surface area contributed by atoms with Gasteiger partial charge in [0.2, 0.25) is 5.91 Å². The van der Waals surface area contributed by atoms with Gasteiger partial charge in [0.1, 0.15) is 6.04 Å². The zero-order valence-electron chi connectivity index (χ0n) is 12.6. The molecule has 0 aliphatic heterocycles. The van der Waals surface area contributed by atoms with Crippen molar-refractivity contribution >= 4 is 35.9 Å². The van der Waals surface area contributed by atoms with Crippen LogP contribution in [-0.4, -0.2) is 29.1 Å². The summed E-state index contributed by atoms with van der Waals surface area (Å²) in [7, 11) is 0. The van der Waals surface area contributed by atoms with Crippen molar-refractivity contribution in [2.24, 2.45) is 0 Å². The third-order valence-corrected chi connectivity index (χ3v) is 3.35. The van der Waals surface area contributed by atoms with E-state index < -0.39 is 18.1 Å². The summed E-state index contributed by atoms with van der Waals surface area (Å²) in [5.74, 6) is -1.17. The number of rotatable bonds is 8. The van der Waals surface area contributed by atoms with Crippen LogP contribution in [0.5, 0.6) is 0 Å². The Labute approximate surface area is 141 Å². The molecule has 0 bridgehead atoms. The SMILES string of the molecule is CCCC(NC(C)C(=O)NCc1ccc(Cl)cc1)C(=O)O.Cl. The van der Waals surface area contributed by atoms with Gasteiger partial charge in [0.25, 0.3) is 0 Å². The van der Waals surface area contributed by atoms with Crippen molar-refractivity contribution in [3.8, 4) is 0 Å². The maximum Gasteiger partial charge on any atom is 0.320 e. The fourth-order valence-electron chi connectivity index (χ4n) is 1.89. The molecule has 1 aromatic rings. The van der Waals surface area contributed by atoms with E-state index in [-0.39, 0.29) is 18.3 Å². The Morgan fingerprint density at radius 3 is 2.36 bits per heavy atom. The Bertz CT molecular complexity index is 480. The quantitative estimate of drug-likeness (QED) is 0.674. The van der Waals surface area contributed by atoms with E-state index in [2.05, 4.69) is 10.6 Å². The molecule has 22 heavy (non-hydrogen) atoms. The number of carbonyl (C=O) groups is 2. The van der Waals surface area contributed by atoms with Crippen molar-refractivity contribution in [1.82, 2.24) is 10.6 Å². The molecule has 0 heterocycles. The lowest BCUT2D eigenvalue weighted by atomic mass is 10.1. The van der Waals surface area contributed by atoms with Gasteiger partial charge in [-0.1, -0.05) is 37.1 Å². The second-order valence-corrected chi connectivity index (χ2v) is 5.35. The molecule has 7 heteroatoms. The molecule has 1 amide bonds.